The number of carbonyl (C=O) groups is 2. The fourth-order valence-corrected chi connectivity index (χ4v) is 6.04. The minimum absolute atomic E-state index is 0.0507. The third-order valence-electron chi connectivity index (χ3n) is 8.00. The molecule has 3 N–H and O–H groups in total. The minimum atomic E-state index is -0.390. The van der Waals surface area contributed by atoms with Gasteiger partial charge in [-0.25, -0.2) is 4.79 Å². The molecule has 0 spiro atoms. The van der Waals surface area contributed by atoms with E-state index >= 15 is 0 Å². The van der Waals surface area contributed by atoms with Crippen molar-refractivity contribution in [1.29, 1.82) is 0 Å². The lowest BCUT2D eigenvalue weighted by Crippen LogP contribution is -2.38. The second kappa shape index (κ2) is 18.0. The number of benzene rings is 3. The van der Waals surface area contributed by atoms with Crippen LogP contribution in [0, 0.1) is 0 Å². The molecule has 0 aromatic heterocycles. The van der Waals surface area contributed by atoms with Crippen molar-refractivity contribution in [3.8, 4) is 16.9 Å². The van der Waals surface area contributed by atoms with E-state index in [0.29, 0.717) is 5.02 Å². The van der Waals surface area contributed by atoms with Crippen LogP contribution in [0.1, 0.15) is 68.1 Å². The number of phenolic OH excluding ortho intramolecular Hbond substituents is 1. The Morgan fingerprint density at radius 3 is 2.27 bits per heavy atom. The smallest absolute Gasteiger partial charge is 0.411 e. The summed E-state index contributed by atoms with van der Waals surface area (Å²) in [5.41, 5.74) is 2.94. The van der Waals surface area contributed by atoms with Gasteiger partial charge in [0.05, 0.1) is 22.8 Å². The number of halogens is 2. The second-order valence-corrected chi connectivity index (χ2v) is 12.2. The number of rotatable bonds is 16. The van der Waals surface area contributed by atoms with Gasteiger partial charge >= 0.3 is 6.09 Å². The summed E-state index contributed by atoms with van der Waals surface area (Å²) in [6.07, 6.45) is 9.44. The van der Waals surface area contributed by atoms with Crippen molar-refractivity contribution in [3.05, 3.63) is 82.3 Å². The van der Waals surface area contributed by atoms with Crippen LogP contribution in [-0.2, 0) is 4.74 Å². The molecule has 1 aliphatic heterocycles. The molecule has 3 aromatic rings. The number of nitrogens with zero attached hydrogens (tertiary/aromatic N) is 1. The highest BCUT2D eigenvalue weighted by Crippen LogP contribution is 2.31. The van der Waals surface area contributed by atoms with Crippen LogP contribution in [0.15, 0.2) is 66.7 Å². The molecule has 0 unspecified atom stereocenters. The van der Waals surface area contributed by atoms with E-state index in [2.05, 4.69) is 15.5 Å². The molecule has 1 heterocycles. The Morgan fingerprint density at radius 1 is 0.864 bits per heavy atom. The average molecular weight is 641 g/mol. The predicted molar refractivity (Wildman–Crippen MR) is 179 cm³/mol. The number of aromatic hydroxyl groups is 1. The molecule has 44 heavy (non-hydrogen) atoms. The Hall–Kier alpha value is -3.10. The van der Waals surface area contributed by atoms with Crippen LogP contribution in [0.5, 0.6) is 5.75 Å². The zero-order valence-corrected chi connectivity index (χ0v) is 26.7. The monoisotopic (exact) mass is 639 g/mol. The predicted octanol–water partition coefficient (Wildman–Crippen LogP) is 8.58. The third kappa shape index (κ3) is 10.8. The standard InChI is InChI=1S/C35H43Cl2N3O4/c36-27-23-30(34(42)31(37)24-27)33(41)25-38-19-11-4-2-1-3-5-12-20-40-21-17-28(18-22-40)44-35(43)39-32-16-10-9-15-29(32)26-13-7-6-8-14-26/h6-10,13-16,23-24,28,38,42H,1-5,11-12,17-22,25H2,(H,39,43). The number of ether oxygens (including phenoxy) is 1. The molecule has 7 nitrogen and oxygen atoms in total. The van der Waals surface area contributed by atoms with Crippen molar-refractivity contribution >= 4 is 40.8 Å². The van der Waals surface area contributed by atoms with Gasteiger partial charge in [-0.1, -0.05) is 104 Å². The van der Waals surface area contributed by atoms with Crippen LogP contribution in [-0.4, -0.2) is 60.7 Å². The maximum atomic E-state index is 12.6. The van der Waals surface area contributed by atoms with Gasteiger partial charge in [0.2, 0.25) is 0 Å². The number of anilines is 1. The lowest BCUT2D eigenvalue weighted by Gasteiger charge is -2.31. The number of hydrogen-bond donors (Lipinski definition) is 3. The number of Topliss-reactive ketones (excluding diaryl/α,β-unsaturated/α-hetero) is 1. The first kappa shape index (κ1) is 33.8. The largest absolute Gasteiger partial charge is 0.506 e. The molecule has 0 radical (unpaired) electrons. The van der Waals surface area contributed by atoms with E-state index in [1.54, 1.807) is 0 Å². The van der Waals surface area contributed by atoms with Gasteiger partial charge in [-0.3, -0.25) is 10.1 Å². The van der Waals surface area contributed by atoms with Crippen molar-refractivity contribution in [2.45, 2.75) is 63.9 Å². The van der Waals surface area contributed by atoms with Crippen molar-refractivity contribution < 1.29 is 19.4 Å². The van der Waals surface area contributed by atoms with Crippen LogP contribution in [0.2, 0.25) is 10.0 Å². The van der Waals surface area contributed by atoms with Crippen molar-refractivity contribution in [1.82, 2.24) is 10.2 Å². The first-order valence-electron chi connectivity index (χ1n) is 15.7. The molecule has 0 bridgehead atoms. The normalized spacial score (nSPS) is 14.0. The Kier molecular flexibility index (Phi) is 13.8. The van der Waals surface area contributed by atoms with E-state index in [-0.39, 0.29) is 40.9 Å². The van der Waals surface area contributed by atoms with Crippen molar-refractivity contribution in [3.63, 3.8) is 0 Å². The molecular weight excluding hydrogens is 597 g/mol. The first-order chi connectivity index (χ1) is 21.4. The molecule has 0 aliphatic carbocycles. The zero-order chi connectivity index (χ0) is 31.1. The van der Waals surface area contributed by atoms with Crippen LogP contribution in [0.25, 0.3) is 11.1 Å². The van der Waals surface area contributed by atoms with Crippen molar-refractivity contribution in [2.75, 3.05) is 38.0 Å². The van der Waals surface area contributed by atoms with Gasteiger partial charge in [0.1, 0.15) is 11.9 Å². The van der Waals surface area contributed by atoms with Crippen LogP contribution >= 0.6 is 23.2 Å². The van der Waals surface area contributed by atoms with E-state index in [0.717, 1.165) is 68.7 Å². The maximum absolute atomic E-state index is 12.6. The summed E-state index contributed by atoms with van der Waals surface area (Å²) in [6, 6.07) is 20.7. The summed E-state index contributed by atoms with van der Waals surface area (Å²) >= 11 is 11.8. The van der Waals surface area contributed by atoms with E-state index in [1.807, 2.05) is 54.6 Å². The molecule has 1 aliphatic rings. The number of nitrogens with one attached hydrogen (secondary N) is 2. The molecule has 1 fully saturated rings. The van der Waals surface area contributed by atoms with Gasteiger partial charge in [-0.2, -0.15) is 0 Å². The number of para-hydroxylation sites is 1. The highest BCUT2D eigenvalue weighted by Gasteiger charge is 2.22. The third-order valence-corrected chi connectivity index (χ3v) is 8.51. The molecule has 3 aromatic carbocycles. The molecule has 4 rings (SSSR count). The number of likely N-dealkylation sites (tertiary alicyclic amines) is 1. The molecule has 1 saturated heterocycles. The van der Waals surface area contributed by atoms with E-state index in [9.17, 15) is 14.7 Å². The van der Waals surface area contributed by atoms with Crippen LogP contribution in [0.3, 0.4) is 0 Å². The van der Waals surface area contributed by atoms with Gasteiger partial charge in [0.15, 0.2) is 5.78 Å². The molecule has 0 atom stereocenters. The number of hydrogen-bond acceptors (Lipinski definition) is 6. The summed E-state index contributed by atoms with van der Waals surface area (Å²) in [4.78, 5) is 27.5. The Labute approximate surface area is 270 Å². The summed E-state index contributed by atoms with van der Waals surface area (Å²) < 4.78 is 5.77. The number of amides is 1. The SMILES string of the molecule is O=C(Nc1ccccc1-c1ccccc1)OC1CCN(CCCCCCCCCNCC(=O)c2cc(Cl)cc(Cl)c2O)CC1. The van der Waals surface area contributed by atoms with E-state index in [1.165, 1.54) is 44.2 Å². The average Bonchev–Trinajstić information content (AvgIpc) is 3.03. The fraction of sp³-hybridized carbons (Fsp3) is 0.429. The number of ketones is 1. The van der Waals surface area contributed by atoms with Crippen LogP contribution < -0.4 is 10.6 Å². The van der Waals surface area contributed by atoms with Gasteiger partial charge in [-0.15, -0.1) is 0 Å². The van der Waals surface area contributed by atoms with Gasteiger partial charge in [0.25, 0.3) is 0 Å². The Morgan fingerprint density at radius 2 is 1.52 bits per heavy atom. The van der Waals surface area contributed by atoms with Gasteiger partial charge in [0, 0.05) is 23.7 Å². The van der Waals surface area contributed by atoms with E-state index in [4.69, 9.17) is 27.9 Å². The number of unbranched alkanes of at least 4 members (excludes halogenated alkanes) is 6. The van der Waals surface area contributed by atoms with E-state index < -0.39 is 0 Å². The molecule has 236 valence electrons. The van der Waals surface area contributed by atoms with Crippen molar-refractivity contribution in [2.24, 2.45) is 0 Å². The first-order valence-corrected chi connectivity index (χ1v) is 16.4. The summed E-state index contributed by atoms with van der Waals surface area (Å²) in [5, 5.41) is 16.5. The number of phenols is 1. The lowest BCUT2D eigenvalue weighted by atomic mass is 10.0. The summed E-state index contributed by atoms with van der Waals surface area (Å²) in [5.74, 6) is -0.447. The lowest BCUT2D eigenvalue weighted by molar-refractivity contribution is 0.0584. The highest BCUT2D eigenvalue weighted by molar-refractivity contribution is 6.36. The molecule has 9 heteroatoms. The highest BCUT2D eigenvalue weighted by atomic mass is 35.5. The zero-order valence-electron chi connectivity index (χ0n) is 25.2. The van der Waals surface area contributed by atoms with Gasteiger partial charge in [-0.05, 0) is 62.5 Å². The minimum Gasteiger partial charge on any atom is -0.506 e. The Balaban J connectivity index is 0.996. The van der Waals surface area contributed by atoms with Gasteiger partial charge < -0.3 is 20.1 Å². The topological polar surface area (TPSA) is 90.9 Å². The molecular formula is C35H43Cl2N3O4. The summed E-state index contributed by atoms with van der Waals surface area (Å²) in [7, 11) is 0. The maximum Gasteiger partial charge on any atom is 0.411 e. The fourth-order valence-electron chi connectivity index (χ4n) is 5.55. The Bertz CT molecular complexity index is 1350. The number of carbonyl (C=O) groups excluding carboxylic acids is 2. The number of piperidine rings is 1. The quantitative estimate of drug-likeness (QED) is 0.107. The second-order valence-electron chi connectivity index (χ2n) is 11.3. The van der Waals surface area contributed by atoms with Crippen LogP contribution in [0.4, 0.5) is 10.5 Å². The molecule has 0 saturated carbocycles. The summed E-state index contributed by atoms with van der Waals surface area (Å²) in [6.45, 7) is 3.90. The molecule has 1 amide bonds.